The molecule has 0 N–H and O–H groups in total. The minimum absolute atomic E-state index is 0.319. The molecule has 0 fully saturated rings. The van der Waals surface area contributed by atoms with E-state index in [0.29, 0.717) is 28.1 Å². The molecular weight excluding hydrogens is 375 g/mol. The van der Waals surface area contributed by atoms with Gasteiger partial charge in [0.1, 0.15) is 15.9 Å². The predicted octanol–water partition coefficient (Wildman–Crippen LogP) is 5.48. The first kappa shape index (κ1) is 16.7. The molecule has 1 atom stereocenters. The first-order valence-corrected chi connectivity index (χ1v) is 8.00. The Morgan fingerprint density at radius 1 is 1.24 bits per heavy atom. The lowest BCUT2D eigenvalue weighted by Crippen LogP contribution is -2.26. The molecule has 0 saturated heterocycles. The molecular formula is C15H15BrCl2N2O. The van der Waals surface area contributed by atoms with Gasteiger partial charge >= 0.3 is 0 Å². The van der Waals surface area contributed by atoms with E-state index in [1.807, 2.05) is 38.1 Å². The Bertz CT molecular complexity index is 637. The maximum Gasteiger partial charge on any atom is 0.163 e. The smallest absolute Gasteiger partial charge is 0.163 e. The molecule has 0 bridgehead atoms. The lowest BCUT2D eigenvalue weighted by Gasteiger charge is -2.25. The number of hydrogen-bond acceptors (Lipinski definition) is 3. The van der Waals surface area contributed by atoms with Gasteiger partial charge in [-0.15, -0.1) is 0 Å². The summed E-state index contributed by atoms with van der Waals surface area (Å²) in [5.74, 6) is 0.487. The van der Waals surface area contributed by atoms with Crippen LogP contribution < -0.4 is 0 Å². The molecule has 21 heavy (non-hydrogen) atoms. The number of benzene rings is 1. The summed E-state index contributed by atoms with van der Waals surface area (Å²) < 4.78 is 6.43. The Morgan fingerprint density at radius 2 is 1.86 bits per heavy atom. The van der Waals surface area contributed by atoms with Crippen molar-refractivity contribution in [3.8, 4) is 11.1 Å². The summed E-state index contributed by atoms with van der Waals surface area (Å²) >= 11 is 16.1. The summed E-state index contributed by atoms with van der Waals surface area (Å²) in [7, 11) is 1.62. The number of aromatic nitrogens is 2. The maximum absolute atomic E-state index is 6.34. The monoisotopic (exact) mass is 388 g/mol. The Hall–Kier alpha value is -0.680. The third kappa shape index (κ3) is 3.39. The van der Waals surface area contributed by atoms with E-state index in [2.05, 4.69) is 25.9 Å². The molecule has 3 nitrogen and oxygen atoms in total. The Morgan fingerprint density at radius 3 is 2.33 bits per heavy atom. The van der Waals surface area contributed by atoms with Gasteiger partial charge in [-0.3, -0.25) is 0 Å². The zero-order valence-electron chi connectivity index (χ0n) is 12.0. The fourth-order valence-corrected chi connectivity index (χ4v) is 2.93. The van der Waals surface area contributed by atoms with Gasteiger partial charge in [0.05, 0.1) is 5.56 Å². The normalized spacial score (nSPS) is 14.0. The lowest BCUT2D eigenvalue weighted by atomic mass is 10.0. The van der Waals surface area contributed by atoms with E-state index in [-0.39, 0.29) is 0 Å². The molecule has 6 heteroatoms. The van der Waals surface area contributed by atoms with E-state index in [0.717, 1.165) is 10.0 Å². The van der Waals surface area contributed by atoms with Crippen LogP contribution in [0.3, 0.4) is 0 Å². The van der Waals surface area contributed by atoms with E-state index < -0.39 is 5.60 Å². The van der Waals surface area contributed by atoms with Gasteiger partial charge in [-0.05, 0) is 31.0 Å². The molecule has 2 aromatic rings. The van der Waals surface area contributed by atoms with Crippen LogP contribution in [0.1, 0.15) is 26.1 Å². The van der Waals surface area contributed by atoms with Crippen molar-refractivity contribution in [1.82, 2.24) is 9.97 Å². The topological polar surface area (TPSA) is 35.0 Å². The van der Waals surface area contributed by atoms with Gasteiger partial charge in [-0.1, -0.05) is 58.2 Å². The Balaban J connectivity index is 2.57. The van der Waals surface area contributed by atoms with Gasteiger partial charge in [0, 0.05) is 11.6 Å². The Labute approximate surface area is 142 Å². The second-order valence-corrected chi connectivity index (χ2v) is 6.43. The summed E-state index contributed by atoms with van der Waals surface area (Å²) in [5, 5.41) is 0.639. The van der Waals surface area contributed by atoms with Crippen LogP contribution in [-0.2, 0) is 10.3 Å². The molecule has 0 amide bonds. The van der Waals surface area contributed by atoms with Crippen LogP contribution in [-0.4, -0.2) is 17.1 Å². The van der Waals surface area contributed by atoms with Crippen LogP contribution >= 0.6 is 39.1 Å². The first-order chi connectivity index (χ1) is 9.91. The van der Waals surface area contributed by atoms with Crippen molar-refractivity contribution in [2.75, 3.05) is 7.11 Å². The Kier molecular flexibility index (Phi) is 5.25. The van der Waals surface area contributed by atoms with Crippen molar-refractivity contribution in [3.05, 3.63) is 44.9 Å². The van der Waals surface area contributed by atoms with E-state index >= 15 is 0 Å². The number of hydrogen-bond donors (Lipinski definition) is 0. The van der Waals surface area contributed by atoms with Gasteiger partial charge in [-0.25, -0.2) is 9.97 Å². The second-order valence-electron chi connectivity index (χ2n) is 4.80. The molecule has 0 spiro atoms. The van der Waals surface area contributed by atoms with Gasteiger partial charge in [0.2, 0.25) is 0 Å². The average Bonchev–Trinajstić information content (AvgIpc) is 2.45. The zero-order valence-corrected chi connectivity index (χ0v) is 15.1. The molecule has 112 valence electrons. The first-order valence-electron chi connectivity index (χ1n) is 6.46. The number of halogens is 3. The van der Waals surface area contributed by atoms with Crippen LogP contribution in [0.4, 0.5) is 0 Å². The molecule has 0 aliphatic rings. The molecule has 2 rings (SSSR count). The number of ether oxygens (including phenoxy) is 1. The van der Waals surface area contributed by atoms with E-state index in [1.165, 1.54) is 0 Å². The molecule has 0 aliphatic carbocycles. The molecule has 1 heterocycles. The highest BCUT2D eigenvalue weighted by Crippen LogP contribution is 2.36. The summed E-state index contributed by atoms with van der Waals surface area (Å²) in [6.07, 6.45) is 0.715. The van der Waals surface area contributed by atoms with Crippen molar-refractivity contribution in [3.63, 3.8) is 0 Å². The molecule has 1 unspecified atom stereocenters. The van der Waals surface area contributed by atoms with E-state index in [9.17, 15) is 0 Å². The van der Waals surface area contributed by atoms with Crippen LogP contribution in [0.2, 0.25) is 10.3 Å². The van der Waals surface area contributed by atoms with Crippen molar-refractivity contribution in [2.45, 2.75) is 25.9 Å². The zero-order chi connectivity index (χ0) is 15.6. The summed E-state index contributed by atoms with van der Waals surface area (Å²) in [6, 6.07) is 7.67. The lowest BCUT2D eigenvalue weighted by molar-refractivity contribution is -0.00894. The summed E-state index contributed by atoms with van der Waals surface area (Å²) in [5.41, 5.74) is 0.878. The SMILES string of the molecule is CCC(C)(OC)c1nc(Cl)c(-c2cccc(Br)c2)c(Cl)n1. The van der Waals surface area contributed by atoms with Gasteiger partial charge < -0.3 is 4.74 Å². The molecule has 1 aromatic heterocycles. The van der Waals surface area contributed by atoms with Crippen LogP contribution in [0.25, 0.3) is 11.1 Å². The van der Waals surface area contributed by atoms with Crippen molar-refractivity contribution in [2.24, 2.45) is 0 Å². The van der Waals surface area contributed by atoms with Crippen molar-refractivity contribution in [1.29, 1.82) is 0 Å². The fourth-order valence-electron chi connectivity index (χ4n) is 1.92. The minimum Gasteiger partial charge on any atom is -0.371 e. The predicted molar refractivity (Wildman–Crippen MR) is 89.8 cm³/mol. The fraction of sp³-hybridized carbons (Fsp3) is 0.333. The quantitative estimate of drug-likeness (QED) is 0.649. The summed E-state index contributed by atoms with van der Waals surface area (Å²) in [4.78, 5) is 8.77. The second kappa shape index (κ2) is 6.61. The highest BCUT2D eigenvalue weighted by atomic mass is 79.9. The third-order valence-corrected chi connectivity index (χ3v) is 4.57. The number of rotatable bonds is 4. The number of nitrogens with zero attached hydrogens (tertiary/aromatic N) is 2. The van der Waals surface area contributed by atoms with Crippen molar-refractivity contribution < 1.29 is 4.74 Å². The van der Waals surface area contributed by atoms with Crippen LogP contribution in [0.5, 0.6) is 0 Å². The largest absolute Gasteiger partial charge is 0.371 e. The van der Waals surface area contributed by atoms with Gasteiger partial charge in [0.15, 0.2) is 5.82 Å². The van der Waals surface area contributed by atoms with Gasteiger partial charge in [0.25, 0.3) is 0 Å². The third-order valence-electron chi connectivity index (χ3n) is 3.53. The molecule has 0 aliphatic heterocycles. The van der Waals surface area contributed by atoms with Crippen LogP contribution in [0.15, 0.2) is 28.7 Å². The standard InChI is InChI=1S/C15H15BrCl2N2O/c1-4-15(2,21-3)14-19-12(17)11(13(18)20-14)9-6-5-7-10(16)8-9/h5-8H,4H2,1-3H3. The van der Waals surface area contributed by atoms with E-state index in [4.69, 9.17) is 27.9 Å². The average molecular weight is 390 g/mol. The van der Waals surface area contributed by atoms with Crippen LogP contribution in [0, 0.1) is 0 Å². The maximum atomic E-state index is 6.34. The molecule has 0 radical (unpaired) electrons. The highest BCUT2D eigenvalue weighted by molar-refractivity contribution is 9.10. The minimum atomic E-state index is -0.608. The molecule has 0 saturated carbocycles. The highest BCUT2D eigenvalue weighted by Gasteiger charge is 2.29. The van der Waals surface area contributed by atoms with E-state index in [1.54, 1.807) is 7.11 Å². The van der Waals surface area contributed by atoms with Crippen molar-refractivity contribution >= 4 is 39.1 Å². The number of methoxy groups -OCH3 is 1. The van der Waals surface area contributed by atoms with Gasteiger partial charge in [-0.2, -0.15) is 0 Å². The molecule has 1 aromatic carbocycles. The summed E-state index contributed by atoms with van der Waals surface area (Å²) in [6.45, 7) is 3.91.